The largest absolute Gasteiger partial charge is 0.391 e. The molecule has 27 heavy (non-hydrogen) atoms. The Morgan fingerprint density at radius 3 is 2.59 bits per heavy atom. The van der Waals surface area contributed by atoms with E-state index < -0.39 is 6.10 Å². The summed E-state index contributed by atoms with van der Waals surface area (Å²) in [5.41, 5.74) is 1.57. The van der Waals surface area contributed by atoms with Crippen molar-refractivity contribution in [3.8, 4) is 11.3 Å². The minimum absolute atomic E-state index is 0.0707. The molecule has 0 aliphatic carbocycles. The first kappa shape index (κ1) is 18.2. The van der Waals surface area contributed by atoms with E-state index in [2.05, 4.69) is 10.1 Å². The fourth-order valence-electron chi connectivity index (χ4n) is 3.89. The smallest absolute Gasteiger partial charge is 0.292 e. The lowest BCUT2D eigenvalue weighted by atomic mass is 10.0. The van der Waals surface area contributed by atoms with Crippen LogP contribution in [0.1, 0.15) is 23.4 Å². The molecule has 0 saturated carbocycles. The van der Waals surface area contributed by atoms with Gasteiger partial charge in [0.25, 0.3) is 5.91 Å². The number of carbonyl (C=O) groups excluding carboxylic acids is 1. The SMILES string of the molecule is O=C(c1cc(-c2ccccc2)no1)N1CC[C@H](O)[C@@H](N2CCOCC2)CC1. The standard InChI is InChI=1S/C20H25N3O4/c24-18-7-9-23(8-6-17(18)22-10-12-26-13-11-22)20(25)19-14-16(21-27-19)15-4-2-1-3-5-15/h1-5,14,17-18,24H,6-13H2/t17-,18-/m0/s1. The van der Waals surface area contributed by atoms with Gasteiger partial charge in [0.1, 0.15) is 5.69 Å². The zero-order valence-corrected chi connectivity index (χ0v) is 15.3. The van der Waals surface area contributed by atoms with Crippen molar-refractivity contribution < 1.29 is 19.2 Å². The first-order valence-electron chi connectivity index (χ1n) is 9.53. The summed E-state index contributed by atoms with van der Waals surface area (Å²) in [5, 5.41) is 14.6. The number of carbonyl (C=O) groups is 1. The van der Waals surface area contributed by atoms with Crippen LogP contribution >= 0.6 is 0 Å². The maximum Gasteiger partial charge on any atom is 0.292 e. The minimum Gasteiger partial charge on any atom is -0.391 e. The van der Waals surface area contributed by atoms with E-state index >= 15 is 0 Å². The Morgan fingerprint density at radius 1 is 1.07 bits per heavy atom. The second kappa shape index (κ2) is 8.21. The lowest BCUT2D eigenvalue weighted by Gasteiger charge is -2.36. The fraction of sp³-hybridized carbons (Fsp3) is 0.500. The maximum atomic E-state index is 12.9. The van der Waals surface area contributed by atoms with Crippen LogP contribution in [0.4, 0.5) is 0 Å². The quantitative estimate of drug-likeness (QED) is 0.884. The highest BCUT2D eigenvalue weighted by Gasteiger charge is 2.32. The van der Waals surface area contributed by atoms with Gasteiger partial charge in [-0.05, 0) is 12.8 Å². The molecule has 0 spiro atoms. The molecule has 2 saturated heterocycles. The second-order valence-electron chi connectivity index (χ2n) is 7.10. The number of hydrogen-bond acceptors (Lipinski definition) is 6. The van der Waals surface area contributed by atoms with Crippen LogP contribution in [0.25, 0.3) is 11.3 Å². The van der Waals surface area contributed by atoms with Crippen LogP contribution in [0.2, 0.25) is 0 Å². The number of nitrogens with zero attached hydrogens (tertiary/aromatic N) is 3. The van der Waals surface area contributed by atoms with Crippen molar-refractivity contribution in [3.63, 3.8) is 0 Å². The highest BCUT2D eigenvalue weighted by atomic mass is 16.5. The Labute approximate surface area is 158 Å². The molecule has 2 aromatic rings. The number of aliphatic hydroxyl groups is 1. The highest BCUT2D eigenvalue weighted by molar-refractivity contribution is 5.92. The van der Waals surface area contributed by atoms with Crippen LogP contribution in [0.15, 0.2) is 40.9 Å². The molecule has 3 heterocycles. The zero-order chi connectivity index (χ0) is 18.6. The van der Waals surface area contributed by atoms with Gasteiger partial charge in [0.05, 0.1) is 19.3 Å². The van der Waals surface area contributed by atoms with Gasteiger partial charge in [0.2, 0.25) is 5.76 Å². The molecular weight excluding hydrogens is 346 g/mol. The molecule has 7 nitrogen and oxygen atoms in total. The molecule has 144 valence electrons. The summed E-state index contributed by atoms with van der Waals surface area (Å²) in [5.74, 6) is 0.0765. The Balaban J connectivity index is 1.43. The van der Waals surface area contributed by atoms with Crippen molar-refractivity contribution in [1.82, 2.24) is 15.0 Å². The molecule has 0 radical (unpaired) electrons. The molecule has 0 bridgehead atoms. The topological polar surface area (TPSA) is 79.0 Å². The van der Waals surface area contributed by atoms with Crippen LogP contribution in [0.3, 0.4) is 0 Å². The van der Waals surface area contributed by atoms with Crippen LogP contribution in [-0.2, 0) is 4.74 Å². The van der Waals surface area contributed by atoms with Crippen molar-refractivity contribution in [3.05, 3.63) is 42.2 Å². The number of aliphatic hydroxyl groups excluding tert-OH is 1. The number of hydrogen-bond donors (Lipinski definition) is 1. The molecule has 1 amide bonds. The summed E-state index contributed by atoms with van der Waals surface area (Å²) in [6.07, 6.45) is 0.871. The van der Waals surface area contributed by atoms with E-state index in [1.807, 2.05) is 30.3 Å². The monoisotopic (exact) mass is 371 g/mol. The Morgan fingerprint density at radius 2 is 1.81 bits per heavy atom. The summed E-state index contributed by atoms with van der Waals surface area (Å²) in [6.45, 7) is 4.18. The van der Waals surface area contributed by atoms with E-state index in [0.717, 1.165) is 25.1 Å². The molecule has 0 unspecified atom stereocenters. The Bertz CT molecular complexity index is 758. The number of ether oxygens (including phenoxy) is 1. The molecule has 7 heteroatoms. The minimum atomic E-state index is -0.435. The van der Waals surface area contributed by atoms with Gasteiger partial charge in [-0.15, -0.1) is 0 Å². The van der Waals surface area contributed by atoms with Crippen molar-refractivity contribution >= 4 is 5.91 Å². The predicted molar refractivity (Wildman–Crippen MR) is 99.3 cm³/mol. The first-order valence-corrected chi connectivity index (χ1v) is 9.53. The van der Waals surface area contributed by atoms with Gasteiger partial charge < -0.3 is 19.3 Å². The van der Waals surface area contributed by atoms with Crippen molar-refractivity contribution in [2.45, 2.75) is 25.0 Å². The third-order valence-corrected chi connectivity index (χ3v) is 5.43. The van der Waals surface area contributed by atoms with Gasteiger partial charge in [-0.25, -0.2) is 0 Å². The van der Waals surface area contributed by atoms with Gasteiger partial charge in [0.15, 0.2) is 0 Å². The number of benzene rings is 1. The van der Waals surface area contributed by atoms with Crippen molar-refractivity contribution in [2.24, 2.45) is 0 Å². The predicted octanol–water partition coefficient (Wildman–Crippen LogP) is 1.64. The van der Waals surface area contributed by atoms with Crippen LogP contribution in [-0.4, -0.2) is 77.5 Å². The molecule has 2 aliphatic rings. The average molecular weight is 371 g/mol. The van der Waals surface area contributed by atoms with Crippen LogP contribution in [0, 0.1) is 0 Å². The van der Waals surface area contributed by atoms with Crippen LogP contribution in [0.5, 0.6) is 0 Å². The van der Waals surface area contributed by atoms with Gasteiger partial charge in [-0.2, -0.15) is 0 Å². The maximum absolute atomic E-state index is 12.9. The summed E-state index contributed by atoms with van der Waals surface area (Å²) in [7, 11) is 0. The van der Waals surface area contributed by atoms with E-state index in [0.29, 0.717) is 38.4 Å². The summed E-state index contributed by atoms with van der Waals surface area (Å²) in [4.78, 5) is 16.9. The number of amides is 1. The molecule has 4 rings (SSSR count). The lowest BCUT2D eigenvalue weighted by Crippen LogP contribution is -2.49. The van der Waals surface area contributed by atoms with Crippen LogP contribution < -0.4 is 0 Å². The van der Waals surface area contributed by atoms with Gasteiger partial charge >= 0.3 is 0 Å². The Kier molecular flexibility index (Phi) is 5.52. The summed E-state index contributed by atoms with van der Waals surface area (Å²) >= 11 is 0. The summed E-state index contributed by atoms with van der Waals surface area (Å²) < 4.78 is 10.7. The van der Waals surface area contributed by atoms with Gasteiger partial charge in [-0.3, -0.25) is 9.69 Å². The molecule has 2 aliphatic heterocycles. The second-order valence-corrected chi connectivity index (χ2v) is 7.10. The molecular formula is C20H25N3O4. The van der Waals surface area contributed by atoms with E-state index in [1.54, 1.807) is 11.0 Å². The average Bonchev–Trinajstić information content (AvgIpc) is 3.13. The van der Waals surface area contributed by atoms with Gasteiger partial charge in [-0.1, -0.05) is 35.5 Å². The molecule has 1 aromatic carbocycles. The zero-order valence-electron chi connectivity index (χ0n) is 15.3. The number of aromatic nitrogens is 1. The molecule has 2 atom stereocenters. The third-order valence-electron chi connectivity index (χ3n) is 5.43. The number of rotatable bonds is 3. The molecule has 1 N–H and O–H groups in total. The fourth-order valence-corrected chi connectivity index (χ4v) is 3.89. The molecule has 2 fully saturated rings. The van der Waals surface area contributed by atoms with Crippen molar-refractivity contribution in [2.75, 3.05) is 39.4 Å². The van der Waals surface area contributed by atoms with E-state index in [9.17, 15) is 9.90 Å². The third kappa shape index (κ3) is 4.05. The number of morpholine rings is 1. The first-order chi connectivity index (χ1) is 13.2. The lowest BCUT2D eigenvalue weighted by molar-refractivity contribution is -0.0222. The normalized spacial score (nSPS) is 24.6. The van der Waals surface area contributed by atoms with Gasteiger partial charge in [0, 0.05) is 43.9 Å². The van der Waals surface area contributed by atoms with E-state index in [-0.39, 0.29) is 17.7 Å². The highest BCUT2D eigenvalue weighted by Crippen LogP contribution is 2.22. The van der Waals surface area contributed by atoms with Crippen molar-refractivity contribution in [1.29, 1.82) is 0 Å². The molecule has 1 aromatic heterocycles. The summed E-state index contributed by atoms with van der Waals surface area (Å²) in [6, 6.07) is 11.4. The van der Waals surface area contributed by atoms with E-state index in [4.69, 9.17) is 9.26 Å². The Hall–Kier alpha value is -2.22. The van der Waals surface area contributed by atoms with E-state index in [1.165, 1.54) is 0 Å². The number of likely N-dealkylation sites (tertiary alicyclic amines) is 1.